The predicted molar refractivity (Wildman–Crippen MR) is 71.1 cm³/mol. The van der Waals surface area contributed by atoms with Crippen LogP contribution in [-0.4, -0.2) is 10.6 Å². The number of aryl methyl sites for hydroxylation is 1. The second-order valence-corrected chi connectivity index (χ2v) is 5.16. The third-order valence-electron chi connectivity index (χ3n) is 3.43. The maximum Gasteiger partial charge on any atom is 0.0519 e. The molecule has 1 aromatic heterocycles. The highest BCUT2D eigenvalue weighted by Crippen LogP contribution is 2.37. The van der Waals surface area contributed by atoms with Crippen molar-refractivity contribution in [2.75, 3.05) is 0 Å². The summed E-state index contributed by atoms with van der Waals surface area (Å²) in [5.74, 6) is 0. The molecule has 0 saturated heterocycles. The molecule has 0 fully saturated rings. The van der Waals surface area contributed by atoms with E-state index in [-0.39, 0.29) is 6.04 Å². The van der Waals surface area contributed by atoms with E-state index in [2.05, 4.69) is 48.9 Å². The molecule has 0 radical (unpaired) electrons. The number of fused-ring (bicyclic) bond motifs is 3. The molecule has 2 heteroatoms. The maximum absolute atomic E-state index is 5.91. The van der Waals surface area contributed by atoms with Crippen LogP contribution in [0.5, 0.6) is 0 Å². The van der Waals surface area contributed by atoms with Crippen molar-refractivity contribution in [1.82, 2.24) is 4.57 Å². The molecule has 1 aliphatic rings. The minimum absolute atomic E-state index is 0.195. The molecule has 0 bridgehead atoms. The number of rotatable bonds is 2. The summed E-state index contributed by atoms with van der Waals surface area (Å²) in [6.07, 6.45) is 3.23. The van der Waals surface area contributed by atoms with Gasteiger partial charge in [0.1, 0.15) is 0 Å². The molecule has 1 aliphatic carbocycles. The Morgan fingerprint density at radius 2 is 2.12 bits per heavy atom. The fourth-order valence-corrected chi connectivity index (χ4v) is 2.72. The van der Waals surface area contributed by atoms with Gasteiger partial charge in [0.25, 0.3) is 0 Å². The molecule has 0 saturated carbocycles. The van der Waals surface area contributed by atoms with Crippen molar-refractivity contribution in [3.63, 3.8) is 0 Å². The lowest BCUT2D eigenvalue weighted by atomic mass is 10.1. The molecule has 17 heavy (non-hydrogen) atoms. The largest absolute Gasteiger partial charge is 0.346 e. The molecular formula is C15H18N2. The molecule has 3 rings (SSSR count). The van der Waals surface area contributed by atoms with E-state index >= 15 is 0 Å². The normalized spacial score (nSPS) is 14.5. The van der Waals surface area contributed by atoms with Crippen molar-refractivity contribution >= 4 is 0 Å². The number of hydrogen-bond acceptors (Lipinski definition) is 1. The Labute approximate surface area is 102 Å². The number of benzene rings is 1. The van der Waals surface area contributed by atoms with Gasteiger partial charge in [0, 0.05) is 30.8 Å². The first kappa shape index (κ1) is 10.6. The van der Waals surface area contributed by atoms with Crippen LogP contribution in [-0.2, 0) is 13.0 Å². The first-order valence-electron chi connectivity index (χ1n) is 6.18. The summed E-state index contributed by atoms with van der Waals surface area (Å²) in [7, 11) is 0. The van der Waals surface area contributed by atoms with Crippen molar-refractivity contribution in [2.24, 2.45) is 5.73 Å². The van der Waals surface area contributed by atoms with E-state index < -0.39 is 0 Å². The van der Waals surface area contributed by atoms with Gasteiger partial charge in [0.15, 0.2) is 0 Å². The van der Waals surface area contributed by atoms with Crippen molar-refractivity contribution in [3.05, 3.63) is 47.2 Å². The van der Waals surface area contributed by atoms with E-state index in [9.17, 15) is 0 Å². The van der Waals surface area contributed by atoms with Gasteiger partial charge in [0.2, 0.25) is 0 Å². The third-order valence-corrected chi connectivity index (χ3v) is 3.43. The van der Waals surface area contributed by atoms with E-state index in [0.717, 1.165) is 13.0 Å². The molecule has 0 amide bonds. The topological polar surface area (TPSA) is 30.9 Å². The Bertz CT molecular complexity index is 564. The standard InChI is InChI=1S/C15H18N2/c1-10-3-4-12-8-13-5-6-17(9-11(2)16)15(13)14(12)7-10/h3-7,11H,8-9,16H2,1-2H3/t11-/m0/s1. The summed E-state index contributed by atoms with van der Waals surface area (Å²) in [6, 6.07) is 9.16. The zero-order valence-corrected chi connectivity index (χ0v) is 10.4. The van der Waals surface area contributed by atoms with Gasteiger partial charge in [-0.15, -0.1) is 0 Å². The van der Waals surface area contributed by atoms with Gasteiger partial charge in [-0.1, -0.05) is 17.7 Å². The van der Waals surface area contributed by atoms with Crippen LogP contribution in [0.25, 0.3) is 11.3 Å². The minimum Gasteiger partial charge on any atom is -0.346 e. The molecule has 1 heterocycles. The molecule has 2 nitrogen and oxygen atoms in total. The fraction of sp³-hybridized carbons (Fsp3) is 0.333. The monoisotopic (exact) mass is 226 g/mol. The average molecular weight is 226 g/mol. The third kappa shape index (κ3) is 1.69. The molecule has 88 valence electrons. The van der Waals surface area contributed by atoms with Gasteiger partial charge >= 0.3 is 0 Å². The predicted octanol–water partition coefficient (Wildman–Crippen LogP) is 2.71. The molecule has 1 atom stereocenters. The summed E-state index contributed by atoms with van der Waals surface area (Å²) in [6.45, 7) is 5.10. The summed E-state index contributed by atoms with van der Waals surface area (Å²) < 4.78 is 2.30. The number of hydrogen-bond donors (Lipinski definition) is 1. The zero-order valence-electron chi connectivity index (χ0n) is 10.4. The lowest BCUT2D eigenvalue weighted by Crippen LogP contribution is -2.22. The molecular weight excluding hydrogens is 208 g/mol. The molecule has 0 spiro atoms. The van der Waals surface area contributed by atoms with Gasteiger partial charge in [-0.05, 0) is 37.1 Å². The fourth-order valence-electron chi connectivity index (χ4n) is 2.72. The van der Waals surface area contributed by atoms with E-state index in [1.165, 1.54) is 27.9 Å². The second-order valence-electron chi connectivity index (χ2n) is 5.16. The first-order chi connectivity index (χ1) is 8.15. The van der Waals surface area contributed by atoms with Gasteiger partial charge in [-0.3, -0.25) is 0 Å². The minimum atomic E-state index is 0.195. The SMILES string of the molecule is Cc1ccc2c(c1)-c1c(ccn1C[C@H](C)N)C2. The summed E-state index contributed by atoms with van der Waals surface area (Å²) >= 11 is 0. The number of nitrogens with two attached hydrogens (primary N) is 1. The number of aromatic nitrogens is 1. The molecule has 2 N–H and O–H groups in total. The smallest absolute Gasteiger partial charge is 0.0519 e. The molecule has 1 aromatic carbocycles. The quantitative estimate of drug-likeness (QED) is 0.715. The van der Waals surface area contributed by atoms with E-state index in [1.54, 1.807) is 0 Å². The Kier molecular flexibility index (Phi) is 2.33. The highest BCUT2D eigenvalue weighted by atomic mass is 15.0. The van der Waals surface area contributed by atoms with Crippen LogP contribution in [0.2, 0.25) is 0 Å². The van der Waals surface area contributed by atoms with Crippen LogP contribution in [0.4, 0.5) is 0 Å². The van der Waals surface area contributed by atoms with E-state index in [0.29, 0.717) is 0 Å². The van der Waals surface area contributed by atoms with Crippen LogP contribution < -0.4 is 5.73 Å². The van der Waals surface area contributed by atoms with Gasteiger partial charge in [0.05, 0.1) is 5.69 Å². The average Bonchev–Trinajstić information content (AvgIpc) is 2.78. The molecule has 2 aromatic rings. The summed E-state index contributed by atoms with van der Waals surface area (Å²) in [5, 5.41) is 0. The maximum atomic E-state index is 5.91. The van der Waals surface area contributed by atoms with E-state index in [4.69, 9.17) is 5.73 Å². The highest BCUT2D eigenvalue weighted by molar-refractivity contribution is 5.75. The Morgan fingerprint density at radius 3 is 2.88 bits per heavy atom. The van der Waals surface area contributed by atoms with Gasteiger partial charge in [-0.2, -0.15) is 0 Å². The van der Waals surface area contributed by atoms with Gasteiger partial charge in [-0.25, -0.2) is 0 Å². The first-order valence-corrected chi connectivity index (χ1v) is 6.18. The van der Waals surface area contributed by atoms with Crippen molar-refractivity contribution < 1.29 is 0 Å². The number of nitrogens with zero attached hydrogens (tertiary/aromatic N) is 1. The zero-order chi connectivity index (χ0) is 12.0. The summed E-state index contributed by atoms with van der Waals surface area (Å²) in [5.41, 5.74) is 12.9. The Morgan fingerprint density at radius 1 is 1.29 bits per heavy atom. The van der Waals surface area contributed by atoms with E-state index in [1.807, 2.05) is 0 Å². The van der Waals surface area contributed by atoms with Crippen LogP contribution in [0.3, 0.4) is 0 Å². The van der Waals surface area contributed by atoms with Crippen LogP contribution in [0, 0.1) is 6.92 Å². The second kappa shape index (κ2) is 3.74. The van der Waals surface area contributed by atoms with Crippen LogP contribution in [0.1, 0.15) is 23.6 Å². The van der Waals surface area contributed by atoms with Crippen LogP contribution in [0.15, 0.2) is 30.5 Å². The Hall–Kier alpha value is -1.54. The van der Waals surface area contributed by atoms with Gasteiger partial charge < -0.3 is 10.3 Å². The molecule has 0 unspecified atom stereocenters. The van der Waals surface area contributed by atoms with Crippen molar-refractivity contribution in [1.29, 1.82) is 0 Å². The van der Waals surface area contributed by atoms with Crippen molar-refractivity contribution in [2.45, 2.75) is 32.9 Å². The van der Waals surface area contributed by atoms with Crippen molar-refractivity contribution in [3.8, 4) is 11.3 Å². The lowest BCUT2D eigenvalue weighted by molar-refractivity contribution is 0.596. The highest BCUT2D eigenvalue weighted by Gasteiger charge is 2.22. The van der Waals surface area contributed by atoms with Crippen LogP contribution >= 0.6 is 0 Å². The molecule has 0 aliphatic heterocycles. The summed E-state index contributed by atoms with van der Waals surface area (Å²) in [4.78, 5) is 0. The Balaban J connectivity index is 2.12. The lowest BCUT2D eigenvalue weighted by Gasteiger charge is -2.12.